The molecule has 1 atom stereocenters. The highest BCUT2D eigenvalue weighted by Crippen LogP contribution is 2.14. The second kappa shape index (κ2) is 6.04. The van der Waals surface area contributed by atoms with E-state index in [1.807, 2.05) is 18.2 Å². The third kappa shape index (κ3) is 3.68. The standard InChI is InChI=1S/C14H21N3O2/c1-10(5-6-15)8-17(2)9-11-3-4-13-12(7-11)16-14(18)19-13/h3-4,7,10H,5-6,8-9,15H2,1-2H3,(H,16,18). The van der Waals surface area contributed by atoms with Crippen molar-refractivity contribution in [3.63, 3.8) is 0 Å². The van der Waals surface area contributed by atoms with Gasteiger partial charge in [0.2, 0.25) is 0 Å². The Balaban J connectivity index is 2.02. The Morgan fingerprint density at radius 1 is 1.47 bits per heavy atom. The molecule has 5 heteroatoms. The van der Waals surface area contributed by atoms with Crippen LogP contribution in [0.15, 0.2) is 27.4 Å². The molecule has 2 rings (SSSR count). The van der Waals surface area contributed by atoms with Crippen LogP contribution in [0.1, 0.15) is 18.9 Å². The van der Waals surface area contributed by atoms with Crippen LogP contribution in [0.3, 0.4) is 0 Å². The highest BCUT2D eigenvalue weighted by atomic mass is 16.4. The Kier molecular flexibility index (Phi) is 4.39. The molecule has 0 saturated carbocycles. The molecule has 1 aromatic heterocycles. The Morgan fingerprint density at radius 2 is 2.26 bits per heavy atom. The van der Waals surface area contributed by atoms with Crippen LogP contribution in [0.4, 0.5) is 0 Å². The minimum Gasteiger partial charge on any atom is -0.408 e. The molecular weight excluding hydrogens is 242 g/mol. The van der Waals surface area contributed by atoms with Crippen LogP contribution >= 0.6 is 0 Å². The molecule has 0 aliphatic heterocycles. The van der Waals surface area contributed by atoms with E-state index in [4.69, 9.17) is 10.2 Å². The van der Waals surface area contributed by atoms with Gasteiger partial charge in [0.05, 0.1) is 5.52 Å². The van der Waals surface area contributed by atoms with Gasteiger partial charge in [-0.3, -0.25) is 4.98 Å². The van der Waals surface area contributed by atoms with E-state index in [1.54, 1.807) is 0 Å². The third-order valence-electron chi connectivity index (χ3n) is 3.22. The van der Waals surface area contributed by atoms with Gasteiger partial charge in [-0.05, 0) is 43.6 Å². The van der Waals surface area contributed by atoms with Gasteiger partial charge in [0, 0.05) is 13.1 Å². The number of hydrogen-bond acceptors (Lipinski definition) is 4. The van der Waals surface area contributed by atoms with Crippen molar-refractivity contribution in [2.75, 3.05) is 20.1 Å². The third-order valence-corrected chi connectivity index (χ3v) is 3.22. The summed E-state index contributed by atoms with van der Waals surface area (Å²) in [7, 11) is 2.09. The van der Waals surface area contributed by atoms with Gasteiger partial charge in [-0.25, -0.2) is 4.79 Å². The summed E-state index contributed by atoms with van der Waals surface area (Å²) in [5, 5.41) is 0. The number of nitrogens with zero attached hydrogens (tertiary/aromatic N) is 1. The minimum absolute atomic E-state index is 0.405. The zero-order valence-electron chi connectivity index (χ0n) is 11.5. The van der Waals surface area contributed by atoms with Crippen LogP contribution < -0.4 is 11.5 Å². The molecule has 19 heavy (non-hydrogen) atoms. The fraction of sp³-hybridized carbons (Fsp3) is 0.500. The molecule has 1 aromatic carbocycles. The lowest BCUT2D eigenvalue weighted by molar-refractivity contribution is 0.273. The molecule has 104 valence electrons. The zero-order chi connectivity index (χ0) is 13.8. The second-order valence-corrected chi connectivity index (χ2v) is 5.22. The van der Waals surface area contributed by atoms with Crippen molar-refractivity contribution < 1.29 is 4.42 Å². The van der Waals surface area contributed by atoms with Crippen LogP contribution in [0.25, 0.3) is 11.1 Å². The van der Waals surface area contributed by atoms with E-state index < -0.39 is 5.76 Å². The van der Waals surface area contributed by atoms with E-state index in [0.29, 0.717) is 11.5 Å². The summed E-state index contributed by atoms with van der Waals surface area (Å²) in [6.07, 6.45) is 1.04. The average molecular weight is 263 g/mol. The molecule has 0 aliphatic carbocycles. The number of aromatic nitrogens is 1. The summed E-state index contributed by atoms with van der Waals surface area (Å²) in [5.74, 6) is 0.185. The molecule has 0 saturated heterocycles. The van der Waals surface area contributed by atoms with E-state index in [1.165, 1.54) is 0 Å². The summed E-state index contributed by atoms with van der Waals surface area (Å²) >= 11 is 0. The number of nitrogens with two attached hydrogens (primary N) is 1. The summed E-state index contributed by atoms with van der Waals surface area (Å²) in [4.78, 5) is 16.0. The predicted octanol–water partition coefficient (Wildman–Crippen LogP) is 1.54. The largest absolute Gasteiger partial charge is 0.417 e. The van der Waals surface area contributed by atoms with Crippen molar-refractivity contribution in [2.45, 2.75) is 19.9 Å². The highest BCUT2D eigenvalue weighted by molar-refractivity contribution is 5.72. The molecule has 0 aliphatic rings. The SMILES string of the molecule is CC(CCN)CN(C)Cc1ccc2oc(=O)[nH]c2c1. The number of hydrogen-bond donors (Lipinski definition) is 2. The number of H-pyrrole nitrogens is 1. The lowest BCUT2D eigenvalue weighted by Gasteiger charge is -2.20. The van der Waals surface area contributed by atoms with Crippen LogP contribution in [-0.4, -0.2) is 30.0 Å². The van der Waals surface area contributed by atoms with Gasteiger partial charge < -0.3 is 15.1 Å². The highest BCUT2D eigenvalue weighted by Gasteiger charge is 2.08. The van der Waals surface area contributed by atoms with E-state index in [9.17, 15) is 4.79 Å². The molecule has 3 N–H and O–H groups in total. The van der Waals surface area contributed by atoms with Gasteiger partial charge in [-0.15, -0.1) is 0 Å². The molecule has 0 fully saturated rings. The fourth-order valence-corrected chi connectivity index (χ4v) is 2.38. The van der Waals surface area contributed by atoms with E-state index in [0.717, 1.165) is 37.1 Å². The number of aromatic amines is 1. The second-order valence-electron chi connectivity index (χ2n) is 5.22. The summed E-state index contributed by atoms with van der Waals surface area (Å²) in [6.45, 7) is 4.80. The van der Waals surface area contributed by atoms with Gasteiger partial charge in [-0.1, -0.05) is 13.0 Å². The van der Waals surface area contributed by atoms with Crippen LogP contribution in [0.2, 0.25) is 0 Å². The Labute approximate surface area is 112 Å². The van der Waals surface area contributed by atoms with Gasteiger partial charge in [0.15, 0.2) is 5.58 Å². The first kappa shape index (κ1) is 13.8. The van der Waals surface area contributed by atoms with Crippen molar-refractivity contribution in [1.29, 1.82) is 0 Å². The fourth-order valence-electron chi connectivity index (χ4n) is 2.38. The summed E-state index contributed by atoms with van der Waals surface area (Å²) < 4.78 is 4.99. The molecule has 0 spiro atoms. The van der Waals surface area contributed by atoms with Crippen molar-refractivity contribution in [2.24, 2.45) is 11.7 Å². The lowest BCUT2D eigenvalue weighted by atomic mass is 10.1. The summed E-state index contributed by atoms with van der Waals surface area (Å²) in [5.41, 5.74) is 8.08. The number of nitrogens with one attached hydrogen (secondary N) is 1. The number of fused-ring (bicyclic) bond motifs is 1. The first-order valence-corrected chi connectivity index (χ1v) is 6.59. The molecule has 0 bridgehead atoms. The lowest BCUT2D eigenvalue weighted by Crippen LogP contribution is -2.25. The predicted molar refractivity (Wildman–Crippen MR) is 76.0 cm³/mol. The number of benzene rings is 1. The maximum absolute atomic E-state index is 11.1. The molecule has 1 heterocycles. The van der Waals surface area contributed by atoms with Gasteiger partial charge in [0.1, 0.15) is 0 Å². The number of oxazole rings is 1. The average Bonchev–Trinajstić information content (AvgIpc) is 2.68. The maximum Gasteiger partial charge on any atom is 0.417 e. The molecule has 0 radical (unpaired) electrons. The maximum atomic E-state index is 11.1. The smallest absolute Gasteiger partial charge is 0.408 e. The van der Waals surface area contributed by atoms with Gasteiger partial charge in [-0.2, -0.15) is 0 Å². The molecule has 0 amide bonds. The first-order chi connectivity index (χ1) is 9.08. The minimum atomic E-state index is -0.405. The van der Waals surface area contributed by atoms with Crippen LogP contribution in [-0.2, 0) is 6.54 Å². The normalized spacial score (nSPS) is 13.3. The van der Waals surface area contributed by atoms with Gasteiger partial charge >= 0.3 is 5.76 Å². The molecule has 5 nitrogen and oxygen atoms in total. The Hall–Kier alpha value is -1.59. The van der Waals surface area contributed by atoms with E-state index in [2.05, 4.69) is 23.9 Å². The zero-order valence-corrected chi connectivity index (χ0v) is 11.5. The Bertz CT molecular complexity index is 588. The van der Waals surface area contributed by atoms with E-state index >= 15 is 0 Å². The summed E-state index contributed by atoms with van der Waals surface area (Å²) in [6, 6.07) is 5.78. The molecule has 2 aromatic rings. The van der Waals surface area contributed by atoms with E-state index in [-0.39, 0.29) is 0 Å². The first-order valence-electron chi connectivity index (χ1n) is 6.59. The topological polar surface area (TPSA) is 75.3 Å². The number of rotatable bonds is 6. The quantitative estimate of drug-likeness (QED) is 0.829. The Morgan fingerprint density at radius 3 is 3.00 bits per heavy atom. The molecular formula is C14H21N3O2. The van der Waals surface area contributed by atoms with Crippen molar-refractivity contribution in [3.8, 4) is 0 Å². The van der Waals surface area contributed by atoms with Crippen molar-refractivity contribution >= 4 is 11.1 Å². The van der Waals surface area contributed by atoms with Crippen molar-refractivity contribution in [3.05, 3.63) is 34.3 Å². The monoisotopic (exact) mass is 263 g/mol. The van der Waals surface area contributed by atoms with Crippen LogP contribution in [0.5, 0.6) is 0 Å². The van der Waals surface area contributed by atoms with Crippen LogP contribution in [0, 0.1) is 5.92 Å². The van der Waals surface area contributed by atoms with Gasteiger partial charge in [0.25, 0.3) is 0 Å². The van der Waals surface area contributed by atoms with Crippen molar-refractivity contribution in [1.82, 2.24) is 9.88 Å². The molecule has 1 unspecified atom stereocenters.